The summed E-state index contributed by atoms with van der Waals surface area (Å²) < 4.78 is 12.7. The lowest BCUT2D eigenvalue weighted by molar-refractivity contribution is 0.331. The average molecular weight is 546 g/mol. The molecule has 0 saturated heterocycles. The zero-order valence-corrected chi connectivity index (χ0v) is 26.2. The molecular formula is C35H51N3O2. The summed E-state index contributed by atoms with van der Waals surface area (Å²) in [6, 6.07) is 22.5. The third-order valence-corrected chi connectivity index (χ3v) is 7.83. The summed E-state index contributed by atoms with van der Waals surface area (Å²) in [7, 11) is 0. The normalized spacial score (nSPS) is 11.0. The zero-order valence-electron chi connectivity index (χ0n) is 26.2. The van der Waals surface area contributed by atoms with E-state index in [0.717, 1.165) is 61.9 Å². The van der Waals surface area contributed by atoms with Gasteiger partial charge in [-0.25, -0.2) is 0 Å². The smallest absolute Gasteiger partial charge is 0.125 e. The van der Waals surface area contributed by atoms with Crippen molar-refractivity contribution in [1.29, 1.82) is 0 Å². The Hall–Kier alpha value is -3.34. The van der Waals surface area contributed by atoms with Crippen molar-refractivity contribution >= 4 is 17.1 Å². The minimum atomic E-state index is -0.0367. The van der Waals surface area contributed by atoms with Gasteiger partial charge in [0, 0.05) is 85.5 Å². The molecule has 0 radical (unpaired) electrons. The molecule has 218 valence electrons. The number of ether oxygens (including phenoxy) is 2. The maximum Gasteiger partial charge on any atom is 0.125 e. The van der Waals surface area contributed by atoms with Crippen molar-refractivity contribution in [1.82, 2.24) is 0 Å². The van der Waals surface area contributed by atoms with E-state index in [4.69, 9.17) is 9.47 Å². The van der Waals surface area contributed by atoms with Crippen molar-refractivity contribution in [2.75, 3.05) is 67.2 Å². The van der Waals surface area contributed by atoms with E-state index in [0.29, 0.717) is 13.2 Å². The minimum Gasteiger partial charge on any atom is -0.493 e. The standard InChI is InChI=1S/C35H51N3O2/c1-9-36(10-2)28-19-17-27(18-20-28)35(31-23-21-29(37(11-3)12-4)25-33(31)39-15-7)32-24-22-30(38(13-5)14-6)26-34(32)40-16-8/h17-26,35H,9-16H2,1-8H3. The summed E-state index contributed by atoms with van der Waals surface area (Å²) in [6.07, 6.45) is 0. The Bertz CT molecular complexity index is 1100. The lowest BCUT2D eigenvalue weighted by Gasteiger charge is -2.28. The minimum absolute atomic E-state index is 0.0367. The van der Waals surface area contributed by atoms with Gasteiger partial charge in [-0.1, -0.05) is 24.3 Å². The van der Waals surface area contributed by atoms with Gasteiger partial charge in [-0.3, -0.25) is 0 Å². The van der Waals surface area contributed by atoms with E-state index in [9.17, 15) is 0 Å². The predicted octanol–water partition coefficient (Wildman–Crippen LogP) is 8.20. The van der Waals surface area contributed by atoms with Gasteiger partial charge in [0.1, 0.15) is 11.5 Å². The summed E-state index contributed by atoms with van der Waals surface area (Å²) in [5, 5.41) is 0. The summed E-state index contributed by atoms with van der Waals surface area (Å²) >= 11 is 0. The Labute approximate surface area is 243 Å². The molecule has 3 aromatic carbocycles. The van der Waals surface area contributed by atoms with E-state index >= 15 is 0 Å². The first-order valence-corrected chi connectivity index (χ1v) is 15.4. The van der Waals surface area contributed by atoms with E-state index < -0.39 is 0 Å². The molecule has 0 aliphatic carbocycles. The van der Waals surface area contributed by atoms with Gasteiger partial charge in [0.25, 0.3) is 0 Å². The van der Waals surface area contributed by atoms with Gasteiger partial charge >= 0.3 is 0 Å². The second-order valence-electron chi connectivity index (χ2n) is 9.85. The fourth-order valence-corrected chi connectivity index (χ4v) is 5.65. The molecule has 0 N–H and O–H groups in total. The highest BCUT2D eigenvalue weighted by atomic mass is 16.5. The molecule has 0 aromatic heterocycles. The van der Waals surface area contributed by atoms with Crippen molar-refractivity contribution in [2.24, 2.45) is 0 Å². The van der Waals surface area contributed by atoms with E-state index in [1.807, 2.05) is 0 Å². The van der Waals surface area contributed by atoms with Gasteiger partial charge in [-0.15, -0.1) is 0 Å². The molecule has 0 fully saturated rings. The van der Waals surface area contributed by atoms with Gasteiger partial charge in [0.15, 0.2) is 0 Å². The second kappa shape index (κ2) is 15.4. The Morgan fingerprint density at radius 2 is 0.825 bits per heavy atom. The van der Waals surface area contributed by atoms with Gasteiger partial charge < -0.3 is 24.2 Å². The topological polar surface area (TPSA) is 28.2 Å². The van der Waals surface area contributed by atoms with Crippen molar-refractivity contribution in [3.05, 3.63) is 77.4 Å². The number of hydrogen-bond donors (Lipinski definition) is 0. The maximum absolute atomic E-state index is 6.35. The molecule has 0 amide bonds. The summed E-state index contributed by atoms with van der Waals surface area (Å²) in [5.74, 6) is 1.82. The molecule has 0 atom stereocenters. The highest BCUT2D eigenvalue weighted by Gasteiger charge is 2.26. The summed E-state index contributed by atoms with van der Waals surface area (Å²) in [4.78, 5) is 7.11. The van der Waals surface area contributed by atoms with E-state index in [1.165, 1.54) is 22.6 Å². The fourth-order valence-electron chi connectivity index (χ4n) is 5.65. The van der Waals surface area contributed by atoms with Gasteiger partial charge in [0.05, 0.1) is 13.2 Å². The molecule has 0 bridgehead atoms. The Kier molecular flexibility index (Phi) is 12.0. The largest absolute Gasteiger partial charge is 0.493 e. The first-order chi connectivity index (χ1) is 19.5. The van der Waals surface area contributed by atoms with Crippen LogP contribution in [0.4, 0.5) is 17.1 Å². The molecule has 3 rings (SSSR count). The Morgan fingerprint density at radius 3 is 1.18 bits per heavy atom. The van der Waals surface area contributed by atoms with Crippen LogP contribution >= 0.6 is 0 Å². The number of anilines is 3. The Morgan fingerprint density at radius 1 is 0.475 bits per heavy atom. The Balaban J connectivity index is 2.26. The molecule has 5 heteroatoms. The van der Waals surface area contributed by atoms with Gasteiger partial charge in [0.2, 0.25) is 0 Å². The molecule has 0 heterocycles. The van der Waals surface area contributed by atoms with Crippen LogP contribution in [0.2, 0.25) is 0 Å². The third-order valence-electron chi connectivity index (χ3n) is 7.83. The first kappa shape index (κ1) is 31.2. The van der Waals surface area contributed by atoms with Crippen molar-refractivity contribution in [2.45, 2.75) is 61.3 Å². The molecular weight excluding hydrogens is 494 g/mol. The quantitative estimate of drug-likeness (QED) is 0.169. The van der Waals surface area contributed by atoms with Crippen LogP contribution in [0.5, 0.6) is 11.5 Å². The highest BCUT2D eigenvalue weighted by molar-refractivity contribution is 5.63. The number of nitrogens with zero attached hydrogens (tertiary/aromatic N) is 3. The third kappa shape index (κ3) is 7.04. The van der Waals surface area contributed by atoms with Crippen LogP contribution in [0.25, 0.3) is 0 Å². The van der Waals surface area contributed by atoms with Gasteiger partial charge in [-0.05, 0) is 85.2 Å². The van der Waals surface area contributed by atoms with Crippen LogP contribution in [0, 0.1) is 0 Å². The molecule has 0 saturated carbocycles. The lowest BCUT2D eigenvalue weighted by atomic mass is 9.83. The first-order valence-electron chi connectivity index (χ1n) is 15.4. The van der Waals surface area contributed by atoms with E-state index in [2.05, 4.69) is 131 Å². The van der Waals surface area contributed by atoms with Gasteiger partial charge in [-0.2, -0.15) is 0 Å². The number of benzene rings is 3. The number of rotatable bonds is 16. The predicted molar refractivity (Wildman–Crippen MR) is 173 cm³/mol. The molecule has 0 spiro atoms. The van der Waals surface area contributed by atoms with Crippen LogP contribution in [0.3, 0.4) is 0 Å². The van der Waals surface area contributed by atoms with Crippen molar-refractivity contribution in [3.63, 3.8) is 0 Å². The van der Waals surface area contributed by atoms with E-state index in [-0.39, 0.29) is 5.92 Å². The second-order valence-corrected chi connectivity index (χ2v) is 9.85. The van der Waals surface area contributed by atoms with E-state index in [1.54, 1.807) is 0 Å². The maximum atomic E-state index is 6.35. The molecule has 0 unspecified atom stereocenters. The molecule has 0 aliphatic rings. The average Bonchev–Trinajstić information content (AvgIpc) is 2.98. The van der Waals surface area contributed by atoms with Crippen LogP contribution in [-0.2, 0) is 0 Å². The molecule has 5 nitrogen and oxygen atoms in total. The molecule has 40 heavy (non-hydrogen) atoms. The van der Waals surface area contributed by atoms with Crippen molar-refractivity contribution in [3.8, 4) is 11.5 Å². The monoisotopic (exact) mass is 545 g/mol. The van der Waals surface area contributed by atoms with Crippen LogP contribution in [0.15, 0.2) is 60.7 Å². The highest BCUT2D eigenvalue weighted by Crippen LogP contribution is 2.44. The summed E-state index contributed by atoms with van der Waals surface area (Å²) in [5.41, 5.74) is 7.17. The molecule has 0 aliphatic heterocycles. The molecule has 3 aromatic rings. The fraction of sp³-hybridized carbons (Fsp3) is 0.486. The summed E-state index contributed by atoms with van der Waals surface area (Å²) in [6.45, 7) is 24.4. The van der Waals surface area contributed by atoms with Crippen LogP contribution in [0.1, 0.15) is 78.0 Å². The lowest BCUT2D eigenvalue weighted by Crippen LogP contribution is -2.22. The SMILES string of the molecule is CCOc1cc(N(CC)CC)ccc1C(c1ccc(N(CC)CC)cc1)c1ccc(N(CC)CC)cc1OCC. The number of hydrogen-bond acceptors (Lipinski definition) is 5. The van der Waals surface area contributed by atoms with Crippen LogP contribution < -0.4 is 24.2 Å². The zero-order chi connectivity index (χ0) is 29.1. The van der Waals surface area contributed by atoms with Crippen molar-refractivity contribution < 1.29 is 9.47 Å². The van der Waals surface area contributed by atoms with Crippen LogP contribution in [-0.4, -0.2) is 52.5 Å².